The average Bonchev–Trinajstić information content (AvgIpc) is 3.94. The van der Waals surface area contributed by atoms with Gasteiger partial charge < -0.3 is 9.47 Å². The summed E-state index contributed by atoms with van der Waals surface area (Å²) < 4.78 is 2.38. The van der Waals surface area contributed by atoms with Crippen LogP contribution in [0.4, 0.5) is 17.1 Å². The molecule has 0 atom stereocenters. The molecule has 10 aromatic carbocycles. The Hall–Kier alpha value is -8.20. The lowest BCUT2D eigenvalue weighted by Gasteiger charge is -2.32. The van der Waals surface area contributed by atoms with E-state index in [1.54, 1.807) is 0 Å². The summed E-state index contributed by atoms with van der Waals surface area (Å²) in [6.07, 6.45) is 0. The standard InChI is InChI=1S/C66H50N2/c1-65(2)57-31-14-9-26-54(57)63-51(27-19-32-58(63)65)48-23-10-15-33-59(48)68(60-34-16-11-24-49(60)53-29-18-28-52-47-22-8-13-30-56(47)66(3,4)64(52)53)46-39-36-43(37-40-46)44-38-41-62-55(42-44)50-25-12-17-35-61(50)67(62)45-20-6-5-7-21-45/h5-42H,1-4H3. The van der Waals surface area contributed by atoms with Crippen molar-refractivity contribution in [2.24, 2.45) is 0 Å². The molecule has 0 amide bonds. The van der Waals surface area contributed by atoms with Crippen LogP contribution < -0.4 is 4.90 Å². The van der Waals surface area contributed by atoms with E-state index in [2.05, 4.69) is 268 Å². The number of hydrogen-bond acceptors (Lipinski definition) is 1. The van der Waals surface area contributed by atoms with E-state index in [1.165, 1.54) is 105 Å². The van der Waals surface area contributed by atoms with Gasteiger partial charge in [-0.3, -0.25) is 0 Å². The highest BCUT2D eigenvalue weighted by Gasteiger charge is 2.39. The van der Waals surface area contributed by atoms with Crippen molar-refractivity contribution in [3.8, 4) is 61.3 Å². The molecule has 68 heavy (non-hydrogen) atoms. The molecule has 0 spiro atoms. The normalized spacial score (nSPS) is 13.8. The first-order valence-corrected chi connectivity index (χ1v) is 23.9. The Balaban J connectivity index is 1.01. The molecular formula is C66H50N2. The predicted molar refractivity (Wildman–Crippen MR) is 287 cm³/mol. The van der Waals surface area contributed by atoms with E-state index < -0.39 is 0 Å². The number of anilines is 3. The van der Waals surface area contributed by atoms with E-state index in [-0.39, 0.29) is 10.8 Å². The Morgan fingerprint density at radius 1 is 0.338 bits per heavy atom. The third-order valence-electron chi connectivity index (χ3n) is 15.2. The van der Waals surface area contributed by atoms with E-state index >= 15 is 0 Å². The van der Waals surface area contributed by atoms with Gasteiger partial charge >= 0.3 is 0 Å². The molecule has 1 aromatic heterocycles. The Labute approximate surface area is 399 Å². The molecule has 0 aliphatic heterocycles. The molecule has 11 aromatic rings. The quantitative estimate of drug-likeness (QED) is 0.155. The molecule has 2 aliphatic rings. The number of fused-ring (bicyclic) bond motifs is 9. The van der Waals surface area contributed by atoms with Gasteiger partial charge in [0, 0.05) is 44.1 Å². The van der Waals surface area contributed by atoms with Gasteiger partial charge in [-0.25, -0.2) is 0 Å². The smallest absolute Gasteiger partial charge is 0.0541 e. The molecule has 0 bridgehead atoms. The summed E-state index contributed by atoms with van der Waals surface area (Å²) in [5.41, 5.74) is 24.7. The molecule has 0 saturated heterocycles. The number of hydrogen-bond donors (Lipinski definition) is 0. The van der Waals surface area contributed by atoms with Gasteiger partial charge in [-0.1, -0.05) is 204 Å². The lowest BCUT2D eigenvalue weighted by atomic mass is 9.78. The summed E-state index contributed by atoms with van der Waals surface area (Å²) in [5.74, 6) is 0. The maximum Gasteiger partial charge on any atom is 0.0541 e. The highest BCUT2D eigenvalue weighted by atomic mass is 15.1. The van der Waals surface area contributed by atoms with Gasteiger partial charge in [-0.2, -0.15) is 0 Å². The molecular weight excluding hydrogens is 821 g/mol. The van der Waals surface area contributed by atoms with Crippen LogP contribution in [-0.4, -0.2) is 4.57 Å². The van der Waals surface area contributed by atoms with Crippen LogP contribution in [-0.2, 0) is 10.8 Å². The van der Waals surface area contributed by atoms with Gasteiger partial charge in [0.2, 0.25) is 0 Å². The molecule has 2 heteroatoms. The van der Waals surface area contributed by atoms with Crippen molar-refractivity contribution in [3.63, 3.8) is 0 Å². The molecule has 0 radical (unpaired) electrons. The Kier molecular flexibility index (Phi) is 8.95. The maximum absolute atomic E-state index is 2.52. The van der Waals surface area contributed by atoms with Crippen LogP contribution in [0.2, 0.25) is 0 Å². The number of para-hydroxylation sites is 4. The van der Waals surface area contributed by atoms with Crippen molar-refractivity contribution in [1.82, 2.24) is 4.57 Å². The van der Waals surface area contributed by atoms with Crippen molar-refractivity contribution in [3.05, 3.63) is 253 Å². The van der Waals surface area contributed by atoms with Gasteiger partial charge in [0.25, 0.3) is 0 Å². The van der Waals surface area contributed by atoms with E-state index in [1.807, 2.05) is 0 Å². The van der Waals surface area contributed by atoms with Crippen LogP contribution in [0.3, 0.4) is 0 Å². The third kappa shape index (κ3) is 5.90. The summed E-state index contributed by atoms with van der Waals surface area (Å²) in [4.78, 5) is 2.52. The predicted octanol–water partition coefficient (Wildman–Crippen LogP) is 17.9. The van der Waals surface area contributed by atoms with Crippen LogP contribution in [0.25, 0.3) is 83.1 Å². The van der Waals surface area contributed by atoms with Crippen molar-refractivity contribution in [1.29, 1.82) is 0 Å². The van der Waals surface area contributed by atoms with E-state index in [4.69, 9.17) is 0 Å². The van der Waals surface area contributed by atoms with E-state index in [9.17, 15) is 0 Å². The van der Waals surface area contributed by atoms with Gasteiger partial charge in [-0.15, -0.1) is 0 Å². The molecule has 0 N–H and O–H groups in total. The first-order valence-electron chi connectivity index (χ1n) is 23.9. The van der Waals surface area contributed by atoms with Crippen LogP contribution >= 0.6 is 0 Å². The first-order chi connectivity index (χ1) is 33.3. The molecule has 0 fully saturated rings. The lowest BCUT2D eigenvalue weighted by molar-refractivity contribution is 0.660. The summed E-state index contributed by atoms with van der Waals surface area (Å²) in [6.45, 7) is 9.52. The minimum atomic E-state index is -0.181. The van der Waals surface area contributed by atoms with Crippen LogP contribution in [0.1, 0.15) is 49.9 Å². The number of nitrogens with zero attached hydrogens (tertiary/aromatic N) is 2. The highest BCUT2D eigenvalue weighted by Crippen LogP contribution is 2.56. The van der Waals surface area contributed by atoms with Gasteiger partial charge in [0.15, 0.2) is 0 Å². The average molecular weight is 871 g/mol. The van der Waals surface area contributed by atoms with Crippen molar-refractivity contribution >= 4 is 38.9 Å². The monoisotopic (exact) mass is 870 g/mol. The fourth-order valence-electron chi connectivity index (χ4n) is 12.1. The Bertz CT molecular complexity index is 3790. The Morgan fingerprint density at radius 2 is 0.838 bits per heavy atom. The highest BCUT2D eigenvalue weighted by molar-refractivity contribution is 6.10. The fourth-order valence-corrected chi connectivity index (χ4v) is 12.1. The zero-order valence-electron chi connectivity index (χ0n) is 38.8. The second kappa shape index (κ2) is 15.2. The fraction of sp³-hybridized carbons (Fsp3) is 0.0909. The van der Waals surface area contributed by atoms with E-state index in [0.717, 1.165) is 17.1 Å². The van der Waals surface area contributed by atoms with Gasteiger partial charge in [0.05, 0.1) is 22.4 Å². The minimum Gasteiger partial charge on any atom is -0.309 e. The third-order valence-corrected chi connectivity index (χ3v) is 15.2. The van der Waals surface area contributed by atoms with E-state index in [0.29, 0.717) is 0 Å². The lowest BCUT2D eigenvalue weighted by Crippen LogP contribution is -2.17. The zero-order chi connectivity index (χ0) is 45.7. The molecule has 2 nitrogen and oxygen atoms in total. The van der Waals surface area contributed by atoms with Crippen LogP contribution in [0.15, 0.2) is 231 Å². The second-order valence-corrected chi connectivity index (χ2v) is 19.6. The second-order valence-electron chi connectivity index (χ2n) is 19.6. The van der Waals surface area contributed by atoms with Crippen LogP contribution in [0.5, 0.6) is 0 Å². The summed E-state index contributed by atoms with van der Waals surface area (Å²) in [6, 6.07) is 85.5. The van der Waals surface area contributed by atoms with Crippen molar-refractivity contribution in [2.45, 2.75) is 38.5 Å². The maximum atomic E-state index is 2.52. The SMILES string of the molecule is CC1(C)c2ccccc2-c2c(-c3ccccc3N(c3ccc(-c4ccc5c(c4)c4ccccc4n5-c4ccccc4)cc3)c3ccccc3-c3cccc4c3C(C)(C)c3ccccc3-4)cccc21. The van der Waals surface area contributed by atoms with Crippen LogP contribution in [0, 0.1) is 0 Å². The number of rotatable bonds is 7. The number of aromatic nitrogens is 1. The topological polar surface area (TPSA) is 8.17 Å². The molecule has 13 rings (SSSR count). The van der Waals surface area contributed by atoms with Crippen molar-refractivity contribution in [2.75, 3.05) is 4.90 Å². The van der Waals surface area contributed by atoms with Gasteiger partial charge in [-0.05, 0) is 121 Å². The molecule has 0 saturated carbocycles. The molecule has 0 unspecified atom stereocenters. The number of benzene rings is 10. The zero-order valence-corrected chi connectivity index (χ0v) is 38.8. The van der Waals surface area contributed by atoms with Gasteiger partial charge in [0.1, 0.15) is 0 Å². The Morgan fingerprint density at radius 3 is 1.57 bits per heavy atom. The van der Waals surface area contributed by atoms with Crippen molar-refractivity contribution < 1.29 is 0 Å². The summed E-state index contributed by atoms with van der Waals surface area (Å²) >= 11 is 0. The molecule has 1 heterocycles. The summed E-state index contributed by atoms with van der Waals surface area (Å²) in [7, 11) is 0. The molecule has 324 valence electrons. The minimum absolute atomic E-state index is 0.115. The molecule has 2 aliphatic carbocycles. The summed E-state index contributed by atoms with van der Waals surface area (Å²) in [5, 5.41) is 2.50. The first kappa shape index (κ1) is 40.1. The largest absolute Gasteiger partial charge is 0.309 e.